The first-order valence-corrected chi connectivity index (χ1v) is 8.54. The van der Waals surface area contributed by atoms with Crippen molar-refractivity contribution in [3.05, 3.63) is 23.8 Å². The van der Waals surface area contributed by atoms with Gasteiger partial charge in [0.05, 0.1) is 13.2 Å². The summed E-state index contributed by atoms with van der Waals surface area (Å²) in [6, 6.07) is 6.77. The molecule has 2 fully saturated rings. The van der Waals surface area contributed by atoms with Crippen LogP contribution < -0.4 is 14.8 Å². The molecule has 1 N–H and O–H groups in total. The molecule has 0 radical (unpaired) electrons. The molecule has 126 valence electrons. The molecule has 4 rings (SSSR count). The van der Waals surface area contributed by atoms with E-state index in [1.807, 2.05) is 6.07 Å². The fourth-order valence-corrected chi connectivity index (χ4v) is 3.58. The van der Waals surface area contributed by atoms with Crippen LogP contribution in [0.4, 0.5) is 0 Å². The van der Waals surface area contributed by atoms with Gasteiger partial charge in [-0.3, -0.25) is 9.80 Å². The van der Waals surface area contributed by atoms with Crippen molar-refractivity contribution in [2.45, 2.75) is 6.04 Å². The average Bonchev–Trinajstić information content (AvgIpc) is 3.09. The number of hydrogen-bond donors (Lipinski definition) is 1. The van der Waals surface area contributed by atoms with Crippen LogP contribution in [0.15, 0.2) is 18.2 Å². The summed E-state index contributed by atoms with van der Waals surface area (Å²) in [5, 5.41) is 3.43. The summed E-state index contributed by atoms with van der Waals surface area (Å²) in [4.78, 5) is 5.10. The van der Waals surface area contributed by atoms with Crippen LogP contribution in [0.1, 0.15) is 11.6 Å². The first-order chi connectivity index (χ1) is 11.4. The van der Waals surface area contributed by atoms with Gasteiger partial charge in [0.1, 0.15) is 0 Å². The van der Waals surface area contributed by atoms with E-state index in [0.29, 0.717) is 12.8 Å². The lowest BCUT2D eigenvalue weighted by molar-refractivity contribution is 0.00665. The van der Waals surface area contributed by atoms with Gasteiger partial charge in [0.15, 0.2) is 11.5 Å². The van der Waals surface area contributed by atoms with Gasteiger partial charge in [-0.15, -0.1) is 0 Å². The molecule has 0 bridgehead atoms. The Labute approximate surface area is 137 Å². The van der Waals surface area contributed by atoms with Gasteiger partial charge < -0.3 is 19.5 Å². The molecule has 1 aromatic carbocycles. The van der Waals surface area contributed by atoms with Crippen molar-refractivity contribution in [1.29, 1.82) is 0 Å². The molecule has 1 atom stereocenters. The van der Waals surface area contributed by atoms with Crippen LogP contribution in [0.2, 0.25) is 0 Å². The number of nitrogens with one attached hydrogen (secondary N) is 1. The first kappa shape index (κ1) is 15.2. The molecule has 0 amide bonds. The molecule has 3 aliphatic rings. The second kappa shape index (κ2) is 7.05. The molecule has 1 aromatic rings. The maximum atomic E-state index is 5.58. The topological polar surface area (TPSA) is 46.2 Å². The van der Waals surface area contributed by atoms with Crippen molar-refractivity contribution >= 4 is 0 Å². The van der Waals surface area contributed by atoms with Crippen LogP contribution in [0.3, 0.4) is 0 Å². The third-order valence-electron chi connectivity index (χ3n) is 4.91. The predicted octanol–water partition coefficient (Wildman–Crippen LogP) is 0.694. The molecule has 6 nitrogen and oxygen atoms in total. The highest BCUT2D eigenvalue weighted by Crippen LogP contribution is 2.36. The Balaban J connectivity index is 1.55. The zero-order valence-corrected chi connectivity index (χ0v) is 13.5. The van der Waals surface area contributed by atoms with Gasteiger partial charge in [0.2, 0.25) is 6.79 Å². The maximum absolute atomic E-state index is 5.58. The van der Waals surface area contributed by atoms with E-state index in [9.17, 15) is 0 Å². The molecule has 0 spiro atoms. The summed E-state index contributed by atoms with van der Waals surface area (Å²) in [5.74, 6) is 1.73. The fraction of sp³-hybridized carbons (Fsp3) is 0.647. The largest absolute Gasteiger partial charge is 0.454 e. The number of piperazine rings is 1. The molecule has 0 aliphatic carbocycles. The average molecular weight is 319 g/mol. The van der Waals surface area contributed by atoms with Crippen molar-refractivity contribution in [2.24, 2.45) is 0 Å². The van der Waals surface area contributed by atoms with Crippen molar-refractivity contribution < 1.29 is 14.2 Å². The Morgan fingerprint density at radius 2 is 1.78 bits per heavy atom. The van der Waals surface area contributed by atoms with Crippen LogP contribution in [0.25, 0.3) is 0 Å². The third-order valence-corrected chi connectivity index (χ3v) is 4.91. The Morgan fingerprint density at radius 1 is 1.00 bits per heavy atom. The minimum Gasteiger partial charge on any atom is -0.454 e. The van der Waals surface area contributed by atoms with E-state index < -0.39 is 0 Å². The quantitative estimate of drug-likeness (QED) is 0.881. The summed E-state index contributed by atoms with van der Waals surface area (Å²) < 4.78 is 16.6. The monoisotopic (exact) mass is 319 g/mol. The van der Waals surface area contributed by atoms with Gasteiger partial charge >= 0.3 is 0 Å². The highest BCUT2D eigenvalue weighted by molar-refractivity contribution is 5.45. The highest BCUT2D eigenvalue weighted by Gasteiger charge is 2.27. The molecule has 3 aliphatic heterocycles. The van der Waals surface area contributed by atoms with E-state index in [1.165, 1.54) is 5.56 Å². The highest BCUT2D eigenvalue weighted by atomic mass is 16.7. The lowest BCUT2D eigenvalue weighted by Crippen LogP contribution is -2.49. The zero-order valence-electron chi connectivity index (χ0n) is 13.5. The minimum atomic E-state index is 0.332. The third kappa shape index (κ3) is 3.45. The standard InChI is InChI=1S/C17H25N3O3/c1-2-16-17(23-13-22-16)11-14(1)15(20-7-9-21-10-8-20)12-19-5-3-18-4-6-19/h1-2,11,15,18H,3-10,12-13H2. The summed E-state index contributed by atoms with van der Waals surface area (Å²) in [6.45, 7) is 9.41. The van der Waals surface area contributed by atoms with Crippen LogP contribution in [0, 0.1) is 0 Å². The molecule has 3 heterocycles. The number of rotatable bonds is 4. The zero-order chi connectivity index (χ0) is 15.5. The van der Waals surface area contributed by atoms with Gasteiger partial charge in [-0.05, 0) is 17.7 Å². The summed E-state index contributed by atoms with van der Waals surface area (Å²) >= 11 is 0. The van der Waals surface area contributed by atoms with E-state index in [-0.39, 0.29) is 0 Å². The molecular formula is C17H25N3O3. The molecule has 1 unspecified atom stereocenters. The summed E-state index contributed by atoms with van der Waals surface area (Å²) in [6.07, 6.45) is 0. The van der Waals surface area contributed by atoms with Gasteiger partial charge in [-0.1, -0.05) is 6.07 Å². The molecule has 23 heavy (non-hydrogen) atoms. The Hall–Kier alpha value is -1.34. The number of benzene rings is 1. The van der Waals surface area contributed by atoms with Crippen molar-refractivity contribution in [2.75, 3.05) is 65.8 Å². The second-order valence-electron chi connectivity index (χ2n) is 6.33. The van der Waals surface area contributed by atoms with E-state index >= 15 is 0 Å². The summed E-state index contributed by atoms with van der Waals surface area (Å²) in [5.41, 5.74) is 1.31. The summed E-state index contributed by atoms with van der Waals surface area (Å²) in [7, 11) is 0. The normalized spacial score (nSPS) is 23.8. The van der Waals surface area contributed by atoms with E-state index in [2.05, 4.69) is 27.2 Å². The Kier molecular flexibility index (Phi) is 4.66. The molecule has 6 heteroatoms. The number of morpholine rings is 1. The fourth-order valence-electron chi connectivity index (χ4n) is 3.58. The van der Waals surface area contributed by atoms with Gasteiger partial charge in [0, 0.05) is 51.9 Å². The van der Waals surface area contributed by atoms with Crippen LogP contribution in [-0.4, -0.2) is 75.6 Å². The molecule has 2 saturated heterocycles. The lowest BCUT2D eigenvalue weighted by atomic mass is 10.0. The van der Waals surface area contributed by atoms with Crippen LogP contribution >= 0.6 is 0 Å². The number of fused-ring (bicyclic) bond motifs is 1. The number of ether oxygens (including phenoxy) is 3. The smallest absolute Gasteiger partial charge is 0.231 e. The van der Waals surface area contributed by atoms with Crippen molar-refractivity contribution in [1.82, 2.24) is 15.1 Å². The first-order valence-electron chi connectivity index (χ1n) is 8.54. The van der Waals surface area contributed by atoms with Crippen LogP contribution in [0.5, 0.6) is 11.5 Å². The molecular weight excluding hydrogens is 294 g/mol. The van der Waals surface area contributed by atoms with Gasteiger partial charge in [-0.25, -0.2) is 0 Å². The van der Waals surface area contributed by atoms with Gasteiger partial charge in [-0.2, -0.15) is 0 Å². The van der Waals surface area contributed by atoms with Crippen LogP contribution in [-0.2, 0) is 4.74 Å². The minimum absolute atomic E-state index is 0.332. The van der Waals surface area contributed by atoms with E-state index in [0.717, 1.165) is 70.5 Å². The molecule has 0 saturated carbocycles. The Morgan fingerprint density at radius 3 is 2.61 bits per heavy atom. The van der Waals surface area contributed by atoms with Gasteiger partial charge in [0.25, 0.3) is 0 Å². The predicted molar refractivity (Wildman–Crippen MR) is 87.0 cm³/mol. The van der Waals surface area contributed by atoms with E-state index in [1.54, 1.807) is 0 Å². The Bertz CT molecular complexity index is 528. The van der Waals surface area contributed by atoms with E-state index in [4.69, 9.17) is 14.2 Å². The second-order valence-corrected chi connectivity index (χ2v) is 6.33. The number of nitrogens with zero attached hydrogens (tertiary/aromatic N) is 2. The van der Waals surface area contributed by atoms with Crippen molar-refractivity contribution in [3.8, 4) is 11.5 Å². The lowest BCUT2D eigenvalue weighted by Gasteiger charge is -2.39. The maximum Gasteiger partial charge on any atom is 0.231 e. The SMILES string of the molecule is c1cc2c(cc1C(CN1CCNCC1)N1CCOCC1)OCO2. The number of hydrogen-bond acceptors (Lipinski definition) is 6. The molecule has 0 aromatic heterocycles. The van der Waals surface area contributed by atoms with Crippen molar-refractivity contribution in [3.63, 3.8) is 0 Å².